The first kappa shape index (κ1) is 25.7. The third-order valence-electron chi connectivity index (χ3n) is 6.20. The molecule has 1 aliphatic heterocycles. The highest BCUT2D eigenvalue weighted by atomic mass is 35.5. The van der Waals surface area contributed by atoms with E-state index >= 15 is 0 Å². The van der Waals surface area contributed by atoms with Crippen LogP contribution in [0.4, 0.5) is 5.69 Å². The quantitative estimate of drug-likeness (QED) is 0.366. The zero-order valence-electron chi connectivity index (χ0n) is 20.0. The molecule has 3 aromatic carbocycles. The van der Waals surface area contributed by atoms with Crippen LogP contribution in [0.5, 0.6) is 0 Å². The normalized spacial score (nSPS) is 16.1. The molecule has 0 fully saturated rings. The fourth-order valence-electron chi connectivity index (χ4n) is 4.19. The lowest BCUT2D eigenvalue weighted by Crippen LogP contribution is -2.45. The average Bonchev–Trinajstić information content (AvgIpc) is 3.29. The Morgan fingerprint density at radius 2 is 1.75 bits per heavy atom. The Kier molecular flexibility index (Phi) is 7.97. The van der Waals surface area contributed by atoms with Gasteiger partial charge in [0, 0.05) is 17.9 Å². The number of benzene rings is 3. The van der Waals surface area contributed by atoms with Gasteiger partial charge in [-0.3, -0.25) is 9.80 Å². The van der Waals surface area contributed by atoms with E-state index in [4.69, 9.17) is 23.2 Å². The van der Waals surface area contributed by atoms with E-state index in [2.05, 4.69) is 36.4 Å². The maximum atomic E-state index is 13.2. The Morgan fingerprint density at radius 1 is 1.06 bits per heavy atom. The Balaban J connectivity index is 1.62. The van der Waals surface area contributed by atoms with Gasteiger partial charge < -0.3 is 10.4 Å². The molecule has 1 aliphatic rings. The summed E-state index contributed by atoms with van der Waals surface area (Å²) in [6.07, 6.45) is 0.464. The highest BCUT2D eigenvalue weighted by Gasteiger charge is 2.35. The van der Waals surface area contributed by atoms with Crippen LogP contribution in [-0.4, -0.2) is 28.7 Å². The molecule has 4 rings (SSSR count). The minimum absolute atomic E-state index is 0.169. The molecule has 36 heavy (non-hydrogen) atoms. The standard InChI is InChI=1S/C28H27Cl2N3O3/c1-17(2)19-8-10-20(11-9-19)26-16-23(32-33(26)25-13-12-21(29)15-22(25)30)27(34)31-24(28(35)36)14-18-6-4-3-5-7-18/h3-13,15,17,24,26H,14,16H2,1-2H3,(H,31,34)(H,35,36). The van der Waals surface area contributed by atoms with Crippen LogP contribution < -0.4 is 10.3 Å². The number of nitrogens with one attached hydrogen (secondary N) is 1. The largest absolute Gasteiger partial charge is 0.480 e. The first-order valence-corrected chi connectivity index (χ1v) is 12.5. The first-order chi connectivity index (χ1) is 17.2. The van der Waals surface area contributed by atoms with Crippen molar-refractivity contribution in [2.45, 2.75) is 44.7 Å². The molecule has 2 atom stereocenters. The molecule has 0 saturated carbocycles. The van der Waals surface area contributed by atoms with Gasteiger partial charge in [0.2, 0.25) is 0 Å². The predicted molar refractivity (Wildman–Crippen MR) is 144 cm³/mol. The first-order valence-electron chi connectivity index (χ1n) is 11.7. The Bertz CT molecular complexity index is 1280. The number of carbonyl (C=O) groups excluding carboxylic acids is 1. The van der Waals surface area contributed by atoms with E-state index in [-0.39, 0.29) is 18.2 Å². The molecule has 0 saturated heterocycles. The van der Waals surface area contributed by atoms with E-state index in [0.717, 1.165) is 11.1 Å². The Morgan fingerprint density at radius 3 is 2.36 bits per heavy atom. The number of carboxylic acid groups (broad SMARTS) is 1. The van der Waals surface area contributed by atoms with Gasteiger partial charge in [0.1, 0.15) is 11.8 Å². The number of amides is 1. The molecule has 2 unspecified atom stereocenters. The molecule has 0 radical (unpaired) electrons. The number of anilines is 1. The number of carboxylic acids is 1. The molecule has 0 aromatic heterocycles. The summed E-state index contributed by atoms with van der Waals surface area (Å²) in [5.74, 6) is -1.24. The van der Waals surface area contributed by atoms with Crippen molar-refractivity contribution in [1.29, 1.82) is 0 Å². The summed E-state index contributed by atoms with van der Waals surface area (Å²) in [7, 11) is 0. The van der Waals surface area contributed by atoms with Crippen molar-refractivity contribution in [2.24, 2.45) is 5.10 Å². The summed E-state index contributed by atoms with van der Waals surface area (Å²) in [6.45, 7) is 4.26. The fraction of sp³-hybridized carbons (Fsp3) is 0.250. The van der Waals surface area contributed by atoms with Crippen LogP contribution >= 0.6 is 23.2 Å². The number of rotatable bonds is 8. The summed E-state index contributed by atoms with van der Waals surface area (Å²) in [5.41, 5.74) is 3.84. The third-order valence-corrected chi connectivity index (χ3v) is 6.74. The SMILES string of the molecule is CC(C)c1ccc(C2CC(C(=O)NC(Cc3ccccc3)C(=O)O)=NN2c2ccc(Cl)cc2Cl)cc1. The lowest BCUT2D eigenvalue weighted by atomic mass is 9.96. The molecule has 0 bridgehead atoms. The molecule has 6 nitrogen and oxygen atoms in total. The monoisotopic (exact) mass is 523 g/mol. The minimum atomic E-state index is -1.11. The zero-order valence-corrected chi connectivity index (χ0v) is 21.5. The van der Waals surface area contributed by atoms with E-state index < -0.39 is 17.9 Å². The highest BCUT2D eigenvalue weighted by Crippen LogP contribution is 2.40. The van der Waals surface area contributed by atoms with Crippen LogP contribution in [0.3, 0.4) is 0 Å². The van der Waals surface area contributed by atoms with Gasteiger partial charge in [-0.05, 0) is 40.8 Å². The molecule has 0 spiro atoms. The number of hydrogen-bond donors (Lipinski definition) is 2. The second-order valence-corrected chi connectivity index (χ2v) is 9.93. The number of halogens is 2. The second-order valence-electron chi connectivity index (χ2n) is 9.08. The van der Waals surface area contributed by atoms with E-state index in [1.807, 2.05) is 42.5 Å². The van der Waals surface area contributed by atoms with E-state index in [1.54, 1.807) is 23.2 Å². The van der Waals surface area contributed by atoms with E-state index in [1.165, 1.54) is 5.56 Å². The molecule has 1 heterocycles. The smallest absolute Gasteiger partial charge is 0.326 e. The number of hydrazone groups is 1. The van der Waals surface area contributed by atoms with Crippen LogP contribution in [0.2, 0.25) is 10.0 Å². The number of nitrogens with zero attached hydrogens (tertiary/aromatic N) is 2. The minimum Gasteiger partial charge on any atom is -0.480 e. The van der Waals surface area contributed by atoms with Gasteiger partial charge in [0.25, 0.3) is 5.91 Å². The summed E-state index contributed by atoms with van der Waals surface area (Å²) in [4.78, 5) is 25.1. The highest BCUT2D eigenvalue weighted by molar-refractivity contribution is 6.40. The van der Waals surface area contributed by atoms with Gasteiger partial charge in [-0.25, -0.2) is 4.79 Å². The van der Waals surface area contributed by atoms with Crippen LogP contribution in [-0.2, 0) is 16.0 Å². The number of aliphatic carboxylic acids is 1. The predicted octanol–water partition coefficient (Wildman–Crippen LogP) is 6.24. The fourth-order valence-corrected chi connectivity index (χ4v) is 4.69. The molecule has 2 N–H and O–H groups in total. The lowest BCUT2D eigenvalue weighted by Gasteiger charge is -2.25. The van der Waals surface area contributed by atoms with Crippen molar-refractivity contribution in [2.75, 3.05) is 5.01 Å². The van der Waals surface area contributed by atoms with E-state index in [0.29, 0.717) is 28.1 Å². The van der Waals surface area contributed by atoms with E-state index in [9.17, 15) is 14.7 Å². The molecular weight excluding hydrogens is 497 g/mol. The summed E-state index contributed by atoms with van der Waals surface area (Å²) >= 11 is 12.6. The van der Waals surface area contributed by atoms with Gasteiger partial charge in [-0.15, -0.1) is 0 Å². The summed E-state index contributed by atoms with van der Waals surface area (Å²) < 4.78 is 0. The van der Waals surface area contributed by atoms with Crippen LogP contribution in [0.25, 0.3) is 0 Å². The summed E-state index contributed by atoms with van der Waals surface area (Å²) in [6, 6.07) is 21.1. The number of carbonyl (C=O) groups is 2. The van der Waals surface area contributed by atoms with Gasteiger partial charge in [-0.2, -0.15) is 5.10 Å². The Labute approximate surface area is 220 Å². The second kappa shape index (κ2) is 11.1. The van der Waals surface area contributed by atoms with Crippen molar-refractivity contribution >= 4 is 46.5 Å². The molecular formula is C28H27Cl2N3O3. The van der Waals surface area contributed by atoms with Gasteiger partial charge in [0.15, 0.2) is 0 Å². The topological polar surface area (TPSA) is 82.0 Å². The third kappa shape index (κ3) is 5.89. The average molecular weight is 524 g/mol. The van der Waals surface area contributed by atoms with Crippen LogP contribution in [0.1, 0.15) is 48.9 Å². The zero-order chi connectivity index (χ0) is 25.8. The lowest BCUT2D eigenvalue weighted by molar-refractivity contribution is -0.141. The van der Waals surface area contributed by atoms with Crippen molar-refractivity contribution in [3.8, 4) is 0 Å². The maximum absolute atomic E-state index is 13.2. The van der Waals surface area contributed by atoms with Crippen molar-refractivity contribution in [3.63, 3.8) is 0 Å². The van der Waals surface area contributed by atoms with Crippen LogP contribution in [0, 0.1) is 0 Å². The van der Waals surface area contributed by atoms with Gasteiger partial charge in [-0.1, -0.05) is 91.6 Å². The molecule has 1 amide bonds. The van der Waals surface area contributed by atoms with Crippen molar-refractivity contribution in [3.05, 3.63) is 99.5 Å². The number of hydrogen-bond acceptors (Lipinski definition) is 4. The maximum Gasteiger partial charge on any atom is 0.326 e. The molecule has 8 heteroatoms. The molecule has 0 aliphatic carbocycles. The van der Waals surface area contributed by atoms with Gasteiger partial charge in [0.05, 0.1) is 16.8 Å². The molecule has 3 aromatic rings. The van der Waals surface area contributed by atoms with Crippen molar-refractivity contribution < 1.29 is 14.7 Å². The Hall–Kier alpha value is -3.35. The van der Waals surface area contributed by atoms with Crippen LogP contribution in [0.15, 0.2) is 77.9 Å². The molecule has 186 valence electrons. The van der Waals surface area contributed by atoms with Crippen molar-refractivity contribution in [1.82, 2.24) is 5.32 Å². The summed E-state index contributed by atoms with van der Waals surface area (Å²) in [5, 5.41) is 19.6. The van der Waals surface area contributed by atoms with Gasteiger partial charge >= 0.3 is 5.97 Å².